The first-order valence-electron chi connectivity index (χ1n) is 9.04. The summed E-state index contributed by atoms with van der Waals surface area (Å²) in [5.41, 5.74) is 2.52. The number of halogens is 1. The summed E-state index contributed by atoms with van der Waals surface area (Å²) >= 11 is 0. The van der Waals surface area contributed by atoms with E-state index in [-0.39, 0.29) is 5.75 Å². The molecular weight excluding hydrogens is 393 g/mol. The zero-order valence-corrected chi connectivity index (χ0v) is 16.9. The summed E-state index contributed by atoms with van der Waals surface area (Å²) in [5.74, 6) is 0.540. The summed E-state index contributed by atoms with van der Waals surface area (Å²) in [6.07, 6.45) is 0. The Kier molecular flexibility index (Phi) is 6.28. The largest absolute Gasteiger partial charge is 0.354 e. The molecule has 0 saturated carbocycles. The first kappa shape index (κ1) is 20.5. The second-order valence-electron chi connectivity index (χ2n) is 6.44. The Morgan fingerprint density at radius 2 is 1.62 bits per heavy atom. The van der Waals surface area contributed by atoms with Gasteiger partial charge >= 0.3 is 0 Å². The highest BCUT2D eigenvalue weighted by Crippen LogP contribution is 2.20. The van der Waals surface area contributed by atoms with Crippen LogP contribution in [0.15, 0.2) is 54.6 Å². The number of nitrogens with zero attached hydrogens (tertiary/aromatic N) is 2. The van der Waals surface area contributed by atoms with Gasteiger partial charge in [0.25, 0.3) is 0 Å². The standard InChI is InChI=1S/C20H22FN5O2S/c1-3-22-20-23-14(2)12-19(25-20)24-17-8-10-18(11-9-17)26-29(27,28)13-15-4-6-16(21)7-5-15/h4-12,26H,3,13H2,1-2H3,(H2,22,23,24,25). The Bertz CT molecular complexity index is 1070. The average molecular weight is 415 g/mol. The molecular formula is C20H22FN5O2S. The van der Waals surface area contributed by atoms with Gasteiger partial charge < -0.3 is 10.6 Å². The molecule has 3 rings (SSSR count). The van der Waals surface area contributed by atoms with Gasteiger partial charge in [-0.2, -0.15) is 4.98 Å². The van der Waals surface area contributed by atoms with Crippen molar-refractivity contribution < 1.29 is 12.8 Å². The zero-order valence-electron chi connectivity index (χ0n) is 16.1. The van der Waals surface area contributed by atoms with Crippen molar-refractivity contribution in [2.24, 2.45) is 0 Å². The third kappa shape index (κ3) is 6.15. The van der Waals surface area contributed by atoms with Crippen molar-refractivity contribution in [1.82, 2.24) is 9.97 Å². The molecule has 0 radical (unpaired) electrons. The summed E-state index contributed by atoms with van der Waals surface area (Å²) in [4.78, 5) is 8.68. The van der Waals surface area contributed by atoms with E-state index in [1.54, 1.807) is 24.3 Å². The highest BCUT2D eigenvalue weighted by Gasteiger charge is 2.12. The molecule has 0 bridgehead atoms. The molecule has 0 amide bonds. The second-order valence-corrected chi connectivity index (χ2v) is 8.16. The van der Waals surface area contributed by atoms with Crippen LogP contribution in [-0.2, 0) is 15.8 Å². The fourth-order valence-electron chi connectivity index (χ4n) is 2.65. The molecule has 7 nitrogen and oxygen atoms in total. The van der Waals surface area contributed by atoms with E-state index in [0.717, 1.165) is 17.9 Å². The van der Waals surface area contributed by atoms with Crippen LogP contribution in [0, 0.1) is 12.7 Å². The van der Waals surface area contributed by atoms with E-state index in [1.165, 1.54) is 24.3 Å². The molecule has 3 aromatic rings. The number of aryl methyl sites for hydroxylation is 1. The van der Waals surface area contributed by atoms with Gasteiger partial charge in [0.1, 0.15) is 11.6 Å². The first-order valence-corrected chi connectivity index (χ1v) is 10.7. The molecule has 0 aliphatic heterocycles. The maximum Gasteiger partial charge on any atom is 0.236 e. The van der Waals surface area contributed by atoms with E-state index in [4.69, 9.17) is 0 Å². The lowest BCUT2D eigenvalue weighted by molar-refractivity contribution is 0.600. The van der Waals surface area contributed by atoms with Crippen molar-refractivity contribution in [3.05, 3.63) is 71.7 Å². The Hall–Kier alpha value is -3.20. The Morgan fingerprint density at radius 3 is 2.28 bits per heavy atom. The molecule has 2 aromatic carbocycles. The number of benzene rings is 2. The maximum absolute atomic E-state index is 13.0. The van der Waals surface area contributed by atoms with Crippen LogP contribution in [0.3, 0.4) is 0 Å². The molecule has 1 heterocycles. The Labute approximate surface area is 169 Å². The number of sulfonamides is 1. The van der Waals surface area contributed by atoms with Crippen molar-refractivity contribution in [2.45, 2.75) is 19.6 Å². The summed E-state index contributed by atoms with van der Waals surface area (Å²) in [5, 5.41) is 6.25. The van der Waals surface area contributed by atoms with Crippen LogP contribution in [-0.4, -0.2) is 24.9 Å². The van der Waals surface area contributed by atoms with Gasteiger partial charge in [-0.15, -0.1) is 0 Å². The minimum Gasteiger partial charge on any atom is -0.354 e. The molecule has 0 aliphatic rings. The molecule has 0 unspecified atom stereocenters. The van der Waals surface area contributed by atoms with Crippen molar-refractivity contribution in [2.75, 3.05) is 21.9 Å². The van der Waals surface area contributed by atoms with Crippen LogP contribution in [0.4, 0.5) is 27.5 Å². The lowest BCUT2D eigenvalue weighted by Crippen LogP contribution is -2.15. The summed E-state index contributed by atoms with van der Waals surface area (Å²) < 4.78 is 40.1. The van der Waals surface area contributed by atoms with Gasteiger partial charge in [0.15, 0.2) is 0 Å². The van der Waals surface area contributed by atoms with Gasteiger partial charge in [0, 0.05) is 29.7 Å². The number of nitrogens with one attached hydrogen (secondary N) is 3. The molecule has 0 aliphatic carbocycles. The highest BCUT2D eigenvalue weighted by molar-refractivity contribution is 7.91. The predicted octanol–water partition coefficient (Wildman–Crippen LogP) is 4.04. The minimum absolute atomic E-state index is 0.235. The topological polar surface area (TPSA) is 96.0 Å². The van der Waals surface area contributed by atoms with Crippen molar-refractivity contribution in [3.63, 3.8) is 0 Å². The quantitative estimate of drug-likeness (QED) is 0.514. The third-order valence-corrected chi connectivity index (χ3v) is 5.15. The Balaban J connectivity index is 1.66. The van der Waals surface area contributed by atoms with Gasteiger partial charge in [-0.05, 0) is 55.8 Å². The Morgan fingerprint density at radius 1 is 0.966 bits per heavy atom. The molecule has 9 heteroatoms. The van der Waals surface area contributed by atoms with Crippen LogP contribution >= 0.6 is 0 Å². The van der Waals surface area contributed by atoms with Gasteiger partial charge in [-0.25, -0.2) is 17.8 Å². The van der Waals surface area contributed by atoms with E-state index in [9.17, 15) is 12.8 Å². The van der Waals surface area contributed by atoms with E-state index in [2.05, 4.69) is 25.3 Å². The van der Waals surface area contributed by atoms with Crippen molar-refractivity contribution >= 4 is 33.2 Å². The molecule has 0 spiro atoms. The summed E-state index contributed by atoms with van der Waals surface area (Å²) in [7, 11) is -3.61. The lowest BCUT2D eigenvalue weighted by Gasteiger charge is -2.11. The summed E-state index contributed by atoms with van der Waals surface area (Å²) in [6.45, 7) is 4.57. The second kappa shape index (κ2) is 8.87. The summed E-state index contributed by atoms with van der Waals surface area (Å²) in [6, 6.07) is 14.0. The molecule has 0 saturated heterocycles. The van der Waals surface area contributed by atoms with Gasteiger partial charge in [-0.3, -0.25) is 4.72 Å². The van der Waals surface area contributed by atoms with Crippen molar-refractivity contribution in [3.8, 4) is 0 Å². The van der Waals surface area contributed by atoms with Crippen LogP contribution < -0.4 is 15.4 Å². The van der Waals surface area contributed by atoms with Crippen LogP contribution in [0.1, 0.15) is 18.2 Å². The monoisotopic (exact) mass is 415 g/mol. The average Bonchev–Trinajstić information content (AvgIpc) is 2.65. The van der Waals surface area contributed by atoms with E-state index in [1.807, 2.05) is 19.9 Å². The maximum atomic E-state index is 13.0. The molecule has 0 fully saturated rings. The van der Waals surface area contributed by atoms with E-state index in [0.29, 0.717) is 23.0 Å². The fourth-order valence-corrected chi connectivity index (χ4v) is 3.85. The molecule has 1 aromatic heterocycles. The number of aromatic nitrogens is 2. The molecule has 0 atom stereocenters. The smallest absolute Gasteiger partial charge is 0.236 e. The number of hydrogen-bond acceptors (Lipinski definition) is 6. The molecule has 152 valence electrons. The zero-order chi connectivity index (χ0) is 20.9. The fraction of sp³-hybridized carbons (Fsp3) is 0.200. The number of anilines is 4. The SMILES string of the molecule is CCNc1nc(C)cc(Nc2ccc(NS(=O)(=O)Cc3ccc(F)cc3)cc2)n1. The lowest BCUT2D eigenvalue weighted by atomic mass is 10.2. The highest BCUT2D eigenvalue weighted by atomic mass is 32.2. The predicted molar refractivity (Wildman–Crippen MR) is 113 cm³/mol. The van der Waals surface area contributed by atoms with Crippen LogP contribution in [0.5, 0.6) is 0 Å². The first-order chi connectivity index (χ1) is 13.8. The van der Waals surface area contributed by atoms with E-state index >= 15 is 0 Å². The normalized spacial score (nSPS) is 11.1. The number of rotatable bonds is 8. The van der Waals surface area contributed by atoms with Crippen LogP contribution in [0.2, 0.25) is 0 Å². The van der Waals surface area contributed by atoms with Gasteiger partial charge in [0.05, 0.1) is 5.75 Å². The van der Waals surface area contributed by atoms with E-state index < -0.39 is 15.8 Å². The molecule has 3 N–H and O–H groups in total. The third-order valence-electron chi connectivity index (χ3n) is 3.89. The minimum atomic E-state index is -3.61. The molecule has 29 heavy (non-hydrogen) atoms. The van der Waals surface area contributed by atoms with Crippen molar-refractivity contribution in [1.29, 1.82) is 0 Å². The van der Waals surface area contributed by atoms with Crippen LogP contribution in [0.25, 0.3) is 0 Å². The van der Waals surface area contributed by atoms with Gasteiger partial charge in [0.2, 0.25) is 16.0 Å². The van der Waals surface area contributed by atoms with Gasteiger partial charge in [-0.1, -0.05) is 12.1 Å². The number of hydrogen-bond donors (Lipinski definition) is 3.